The number of benzene rings is 2. The Hall–Kier alpha value is -2.12. The maximum Gasteiger partial charge on any atom is 0.257 e. The zero-order valence-electron chi connectivity index (χ0n) is 16.6. The Morgan fingerprint density at radius 1 is 1.07 bits per heavy atom. The summed E-state index contributed by atoms with van der Waals surface area (Å²) in [6.45, 7) is 5.59. The molecule has 2 fully saturated rings. The zero-order chi connectivity index (χ0) is 20.2. The van der Waals surface area contributed by atoms with Crippen LogP contribution in [0.2, 0.25) is 5.02 Å². The van der Waals surface area contributed by atoms with Crippen LogP contribution in [-0.2, 0) is 0 Å². The van der Waals surface area contributed by atoms with E-state index in [9.17, 15) is 4.79 Å². The lowest BCUT2D eigenvalue weighted by molar-refractivity contribution is 0.0541. The molecule has 0 radical (unpaired) electrons. The minimum absolute atomic E-state index is 0.0465. The second-order valence-corrected chi connectivity index (χ2v) is 7.84. The van der Waals surface area contributed by atoms with Gasteiger partial charge in [-0.15, -0.1) is 0 Å². The Labute approximate surface area is 176 Å². The summed E-state index contributed by atoms with van der Waals surface area (Å²) < 4.78 is 5.63. The summed E-state index contributed by atoms with van der Waals surface area (Å²) in [5.74, 6) is 0.708. The molecule has 2 aliphatic heterocycles. The number of hydrogen-bond donors (Lipinski definition) is 2. The monoisotopic (exact) mass is 414 g/mol. The first-order valence-electron chi connectivity index (χ1n) is 10.2. The zero-order valence-corrected chi connectivity index (χ0v) is 17.4. The van der Waals surface area contributed by atoms with Gasteiger partial charge in [-0.3, -0.25) is 9.69 Å². The van der Waals surface area contributed by atoms with Crippen LogP contribution in [0.4, 0.5) is 0 Å². The number of nitrogens with zero attached hydrogens (tertiary/aromatic N) is 2. The third-order valence-corrected chi connectivity index (χ3v) is 5.87. The van der Waals surface area contributed by atoms with Gasteiger partial charge in [-0.2, -0.15) is 0 Å². The predicted molar refractivity (Wildman–Crippen MR) is 114 cm³/mol. The highest BCUT2D eigenvalue weighted by molar-refractivity contribution is 6.30. The van der Waals surface area contributed by atoms with Crippen molar-refractivity contribution in [1.29, 1.82) is 0 Å². The van der Waals surface area contributed by atoms with Gasteiger partial charge in [0.25, 0.3) is 5.91 Å². The highest BCUT2D eigenvalue weighted by atomic mass is 35.5. The van der Waals surface area contributed by atoms with Crippen LogP contribution in [0.1, 0.15) is 35.3 Å². The molecule has 0 aromatic heterocycles. The maximum absolute atomic E-state index is 13.0. The molecule has 0 aliphatic carbocycles. The van der Waals surface area contributed by atoms with Gasteiger partial charge in [0.15, 0.2) is 0 Å². The van der Waals surface area contributed by atoms with Gasteiger partial charge in [0.05, 0.1) is 18.3 Å². The molecule has 2 heterocycles. The lowest BCUT2D eigenvalue weighted by Crippen LogP contribution is -2.55. The summed E-state index contributed by atoms with van der Waals surface area (Å²) in [4.78, 5) is 17.3. The topological polar surface area (TPSA) is 56.8 Å². The molecule has 2 N–H and O–H groups in total. The van der Waals surface area contributed by atoms with E-state index >= 15 is 0 Å². The molecule has 2 atom stereocenters. The Morgan fingerprint density at radius 2 is 1.79 bits per heavy atom. The third kappa shape index (κ3) is 4.56. The van der Waals surface area contributed by atoms with Crippen molar-refractivity contribution < 1.29 is 9.53 Å². The SMILES string of the molecule is CCOc1ccccc1C(=O)N1CCN(C2CC(c3ccc(Cl)cc3)NN2)CC1. The maximum atomic E-state index is 13.0. The summed E-state index contributed by atoms with van der Waals surface area (Å²) in [5.41, 5.74) is 8.67. The van der Waals surface area contributed by atoms with Gasteiger partial charge >= 0.3 is 0 Å². The minimum Gasteiger partial charge on any atom is -0.493 e. The van der Waals surface area contributed by atoms with E-state index < -0.39 is 0 Å². The van der Waals surface area contributed by atoms with Crippen LogP contribution >= 0.6 is 11.6 Å². The van der Waals surface area contributed by atoms with Crippen molar-refractivity contribution in [2.45, 2.75) is 25.6 Å². The van der Waals surface area contributed by atoms with E-state index in [4.69, 9.17) is 16.3 Å². The van der Waals surface area contributed by atoms with Crippen LogP contribution in [0.25, 0.3) is 0 Å². The molecule has 4 rings (SSSR count). The molecule has 2 saturated heterocycles. The third-order valence-electron chi connectivity index (χ3n) is 5.62. The smallest absolute Gasteiger partial charge is 0.257 e. The van der Waals surface area contributed by atoms with Gasteiger partial charge < -0.3 is 9.64 Å². The second kappa shape index (κ2) is 9.13. The van der Waals surface area contributed by atoms with E-state index in [0.29, 0.717) is 31.0 Å². The van der Waals surface area contributed by atoms with E-state index in [-0.39, 0.29) is 18.1 Å². The second-order valence-electron chi connectivity index (χ2n) is 7.40. The number of hydrogen-bond acceptors (Lipinski definition) is 5. The summed E-state index contributed by atoms with van der Waals surface area (Å²) >= 11 is 6.00. The summed E-state index contributed by atoms with van der Waals surface area (Å²) in [6.07, 6.45) is 1.23. The quantitative estimate of drug-likeness (QED) is 0.787. The molecule has 2 aromatic rings. The Balaban J connectivity index is 1.33. The number of carbonyl (C=O) groups is 1. The van der Waals surface area contributed by atoms with Crippen molar-refractivity contribution in [3.8, 4) is 5.75 Å². The van der Waals surface area contributed by atoms with E-state index in [1.54, 1.807) is 0 Å². The number of para-hydroxylation sites is 1. The number of rotatable bonds is 5. The van der Waals surface area contributed by atoms with Crippen molar-refractivity contribution in [3.63, 3.8) is 0 Å². The van der Waals surface area contributed by atoms with Gasteiger partial charge in [-0.1, -0.05) is 35.9 Å². The van der Waals surface area contributed by atoms with Crippen LogP contribution in [0.15, 0.2) is 48.5 Å². The first-order chi connectivity index (χ1) is 14.2. The Kier molecular flexibility index (Phi) is 6.35. The van der Waals surface area contributed by atoms with E-state index in [0.717, 1.165) is 24.5 Å². The fourth-order valence-corrected chi connectivity index (χ4v) is 4.15. The predicted octanol–water partition coefficient (Wildman–Crippen LogP) is 3.06. The standard InChI is InChI=1S/C22H27ClN4O2/c1-2-29-20-6-4-3-5-18(20)22(28)27-13-11-26(12-14-27)21-15-19(24-25-21)16-7-9-17(23)10-8-16/h3-10,19,21,24-25H,2,11-15H2,1H3. The Bertz CT molecular complexity index is 837. The number of amides is 1. The molecule has 0 bridgehead atoms. The van der Waals surface area contributed by atoms with Gasteiger partial charge in [-0.25, -0.2) is 10.9 Å². The number of piperazine rings is 1. The van der Waals surface area contributed by atoms with Crippen molar-refractivity contribution in [2.75, 3.05) is 32.8 Å². The van der Waals surface area contributed by atoms with Gasteiger partial charge in [0, 0.05) is 37.2 Å². The molecule has 0 spiro atoms. The summed E-state index contributed by atoms with van der Waals surface area (Å²) in [7, 11) is 0. The molecule has 7 heteroatoms. The number of hydrazine groups is 1. The van der Waals surface area contributed by atoms with Crippen LogP contribution in [0.5, 0.6) is 5.75 Å². The van der Waals surface area contributed by atoms with E-state index in [1.165, 1.54) is 5.56 Å². The van der Waals surface area contributed by atoms with Gasteiger partial charge in [-0.05, 0) is 43.2 Å². The Morgan fingerprint density at radius 3 is 2.52 bits per heavy atom. The van der Waals surface area contributed by atoms with E-state index in [2.05, 4.69) is 27.9 Å². The molecule has 2 aliphatic rings. The number of ether oxygens (including phenoxy) is 1. The molecule has 1 amide bonds. The van der Waals surface area contributed by atoms with Crippen molar-refractivity contribution in [3.05, 3.63) is 64.7 Å². The normalized spacial score (nSPS) is 22.6. The molecule has 29 heavy (non-hydrogen) atoms. The minimum atomic E-state index is 0.0465. The number of carbonyl (C=O) groups excluding carboxylic acids is 1. The first kappa shape index (κ1) is 20.2. The highest BCUT2D eigenvalue weighted by Crippen LogP contribution is 2.26. The fraction of sp³-hybridized carbons (Fsp3) is 0.409. The summed E-state index contributed by atoms with van der Waals surface area (Å²) in [5, 5.41) is 0.753. The molecular formula is C22H27ClN4O2. The first-order valence-corrected chi connectivity index (χ1v) is 10.5. The lowest BCUT2D eigenvalue weighted by atomic mass is 10.0. The molecule has 0 saturated carbocycles. The average Bonchev–Trinajstić information content (AvgIpc) is 3.25. The summed E-state index contributed by atoms with van der Waals surface area (Å²) in [6, 6.07) is 15.7. The molecule has 2 unspecified atom stereocenters. The van der Waals surface area contributed by atoms with Gasteiger partial charge in [0.1, 0.15) is 5.75 Å². The highest BCUT2D eigenvalue weighted by Gasteiger charge is 2.32. The molecular weight excluding hydrogens is 388 g/mol. The van der Waals surface area contributed by atoms with Crippen LogP contribution in [0, 0.1) is 0 Å². The van der Waals surface area contributed by atoms with Gasteiger partial charge in [0.2, 0.25) is 0 Å². The van der Waals surface area contributed by atoms with Crippen LogP contribution in [-0.4, -0.2) is 54.7 Å². The molecule has 2 aromatic carbocycles. The molecule has 6 nitrogen and oxygen atoms in total. The number of nitrogens with one attached hydrogen (secondary N) is 2. The largest absolute Gasteiger partial charge is 0.493 e. The fourth-order valence-electron chi connectivity index (χ4n) is 4.02. The number of halogens is 1. The molecule has 154 valence electrons. The van der Waals surface area contributed by atoms with Crippen molar-refractivity contribution >= 4 is 17.5 Å². The van der Waals surface area contributed by atoms with Crippen molar-refractivity contribution in [2.24, 2.45) is 0 Å². The van der Waals surface area contributed by atoms with E-state index in [1.807, 2.05) is 48.2 Å². The lowest BCUT2D eigenvalue weighted by Gasteiger charge is -2.37. The van der Waals surface area contributed by atoms with Crippen molar-refractivity contribution in [1.82, 2.24) is 20.7 Å². The van der Waals surface area contributed by atoms with Crippen LogP contribution < -0.4 is 15.6 Å². The van der Waals surface area contributed by atoms with Crippen LogP contribution in [0.3, 0.4) is 0 Å². The average molecular weight is 415 g/mol.